The zero-order chi connectivity index (χ0) is 11.9. The summed E-state index contributed by atoms with van der Waals surface area (Å²) in [7, 11) is 0. The van der Waals surface area contributed by atoms with Crippen molar-refractivity contribution in [3.05, 3.63) is 17.7 Å². The number of aromatic hydroxyl groups is 1. The van der Waals surface area contributed by atoms with Crippen molar-refractivity contribution in [2.24, 2.45) is 4.99 Å². The smallest absolute Gasteiger partial charge is 0.235 e. The monoisotopic (exact) mass is 233 g/mol. The Hall–Kier alpha value is -2.00. The van der Waals surface area contributed by atoms with Crippen molar-refractivity contribution in [1.29, 1.82) is 0 Å². The molecule has 1 aromatic carbocycles. The molecular weight excluding hydrogens is 222 g/mol. The molecular formula is C12H11NO4. The molecule has 3 rings (SSSR count). The van der Waals surface area contributed by atoms with Gasteiger partial charge in [-0.15, -0.1) is 0 Å². The highest BCUT2D eigenvalue weighted by Crippen LogP contribution is 2.54. The molecule has 1 fully saturated rings. The lowest BCUT2D eigenvalue weighted by Crippen LogP contribution is -2.16. The molecule has 88 valence electrons. The third-order valence-electron chi connectivity index (χ3n) is 3.15. The van der Waals surface area contributed by atoms with Crippen LogP contribution in [0.1, 0.15) is 18.4 Å². The first-order valence-corrected chi connectivity index (χ1v) is 5.47. The highest BCUT2D eigenvalue weighted by molar-refractivity contribution is 5.55. The van der Waals surface area contributed by atoms with Gasteiger partial charge in [0.25, 0.3) is 0 Å². The van der Waals surface area contributed by atoms with Gasteiger partial charge in [-0.25, -0.2) is 4.79 Å². The van der Waals surface area contributed by atoms with Crippen LogP contribution < -0.4 is 9.47 Å². The van der Waals surface area contributed by atoms with E-state index in [1.807, 2.05) is 0 Å². The molecule has 1 N–H and O–H groups in total. The third-order valence-corrected chi connectivity index (χ3v) is 3.15. The van der Waals surface area contributed by atoms with Crippen LogP contribution in [0.3, 0.4) is 0 Å². The van der Waals surface area contributed by atoms with Crippen LogP contribution >= 0.6 is 0 Å². The van der Waals surface area contributed by atoms with E-state index in [2.05, 4.69) is 4.99 Å². The minimum atomic E-state index is -0.596. The minimum Gasteiger partial charge on any atom is -0.507 e. The number of rotatable bonds is 2. The van der Waals surface area contributed by atoms with E-state index in [9.17, 15) is 9.90 Å². The van der Waals surface area contributed by atoms with Gasteiger partial charge in [0, 0.05) is 11.6 Å². The minimum absolute atomic E-state index is 0.0887. The number of fused-ring (bicyclic) bond motifs is 1. The van der Waals surface area contributed by atoms with Gasteiger partial charge >= 0.3 is 0 Å². The van der Waals surface area contributed by atoms with Crippen molar-refractivity contribution >= 4 is 6.08 Å². The van der Waals surface area contributed by atoms with Crippen LogP contribution in [0.25, 0.3) is 0 Å². The molecule has 1 aromatic rings. The number of hydrogen-bond donors (Lipinski definition) is 1. The number of phenols is 1. The maximum atomic E-state index is 10.4. The fourth-order valence-electron chi connectivity index (χ4n) is 2.10. The first kappa shape index (κ1) is 10.2. The SMILES string of the molecule is O=C=NC1(c2cc3c(cc2O)OCCO3)CC1. The lowest BCUT2D eigenvalue weighted by molar-refractivity contribution is 0.170. The topological polar surface area (TPSA) is 68.1 Å². The van der Waals surface area contributed by atoms with E-state index in [0.717, 1.165) is 12.8 Å². The lowest BCUT2D eigenvalue weighted by atomic mass is 10.0. The van der Waals surface area contributed by atoms with Crippen LogP contribution in [0, 0.1) is 0 Å². The van der Waals surface area contributed by atoms with E-state index in [1.165, 1.54) is 6.07 Å². The zero-order valence-corrected chi connectivity index (χ0v) is 9.10. The summed E-state index contributed by atoms with van der Waals surface area (Å²) in [6.45, 7) is 0.963. The summed E-state index contributed by atoms with van der Waals surface area (Å²) in [5.41, 5.74) is 0.0203. The van der Waals surface area contributed by atoms with E-state index in [1.54, 1.807) is 12.1 Å². The number of phenolic OH excluding ortho intramolecular Hbond substituents is 1. The third kappa shape index (κ3) is 1.56. The number of isocyanates is 1. The summed E-state index contributed by atoms with van der Waals surface area (Å²) in [4.78, 5) is 14.2. The number of benzene rings is 1. The molecule has 0 bridgehead atoms. The molecule has 0 unspecified atom stereocenters. The van der Waals surface area contributed by atoms with Crippen molar-refractivity contribution in [2.75, 3.05) is 13.2 Å². The molecule has 0 spiro atoms. The molecule has 1 saturated carbocycles. The van der Waals surface area contributed by atoms with Crippen LogP contribution in [-0.2, 0) is 10.3 Å². The van der Waals surface area contributed by atoms with Gasteiger partial charge in [0.15, 0.2) is 11.5 Å². The number of hydrogen-bond acceptors (Lipinski definition) is 5. The fraction of sp³-hybridized carbons (Fsp3) is 0.417. The second-order valence-corrected chi connectivity index (χ2v) is 4.25. The van der Waals surface area contributed by atoms with E-state index in [-0.39, 0.29) is 5.75 Å². The molecule has 1 heterocycles. The molecule has 1 aliphatic heterocycles. The number of aliphatic imine (C=N–C) groups is 1. The predicted molar refractivity (Wildman–Crippen MR) is 58.1 cm³/mol. The van der Waals surface area contributed by atoms with Gasteiger partial charge in [-0.2, -0.15) is 4.99 Å². The zero-order valence-electron chi connectivity index (χ0n) is 9.10. The van der Waals surface area contributed by atoms with Gasteiger partial charge in [-0.1, -0.05) is 0 Å². The summed E-state index contributed by atoms with van der Waals surface area (Å²) < 4.78 is 10.8. The summed E-state index contributed by atoms with van der Waals surface area (Å²) in [5, 5.41) is 9.94. The van der Waals surface area contributed by atoms with Gasteiger partial charge in [0.1, 0.15) is 24.5 Å². The fourth-order valence-corrected chi connectivity index (χ4v) is 2.10. The van der Waals surface area contributed by atoms with E-state index in [4.69, 9.17) is 9.47 Å². The van der Waals surface area contributed by atoms with Crippen molar-refractivity contribution < 1.29 is 19.4 Å². The van der Waals surface area contributed by atoms with Crippen molar-refractivity contribution in [3.63, 3.8) is 0 Å². The molecule has 5 nitrogen and oxygen atoms in total. The van der Waals surface area contributed by atoms with E-state index >= 15 is 0 Å². The second-order valence-electron chi connectivity index (χ2n) is 4.25. The molecule has 0 radical (unpaired) electrons. The predicted octanol–water partition coefficient (Wildman–Crippen LogP) is 1.49. The van der Waals surface area contributed by atoms with E-state index < -0.39 is 5.54 Å². The van der Waals surface area contributed by atoms with Crippen LogP contribution in [0.4, 0.5) is 0 Å². The Balaban J connectivity index is 2.08. The largest absolute Gasteiger partial charge is 0.507 e. The Bertz CT molecular complexity index is 515. The van der Waals surface area contributed by atoms with Crippen LogP contribution in [0.5, 0.6) is 17.2 Å². The van der Waals surface area contributed by atoms with Crippen molar-refractivity contribution in [3.8, 4) is 17.2 Å². The molecule has 0 saturated heterocycles. The van der Waals surface area contributed by atoms with Crippen molar-refractivity contribution in [1.82, 2.24) is 0 Å². The van der Waals surface area contributed by atoms with Gasteiger partial charge < -0.3 is 14.6 Å². The van der Waals surface area contributed by atoms with Crippen LogP contribution in [0.15, 0.2) is 17.1 Å². The molecule has 0 amide bonds. The van der Waals surface area contributed by atoms with Gasteiger partial charge in [0.2, 0.25) is 6.08 Å². The standard InChI is InChI=1S/C12H11NO4/c14-7-13-12(1-2-12)8-5-10-11(6-9(8)15)17-4-3-16-10/h5-6,15H,1-4H2. The summed E-state index contributed by atoms with van der Waals surface area (Å²) >= 11 is 0. The summed E-state index contributed by atoms with van der Waals surface area (Å²) in [6.07, 6.45) is 3.06. The van der Waals surface area contributed by atoms with Gasteiger partial charge in [-0.3, -0.25) is 0 Å². The molecule has 17 heavy (non-hydrogen) atoms. The normalized spacial score (nSPS) is 19.3. The Morgan fingerprint density at radius 1 is 1.24 bits per heavy atom. The number of nitrogens with zero attached hydrogens (tertiary/aromatic N) is 1. The number of ether oxygens (including phenoxy) is 2. The van der Waals surface area contributed by atoms with Crippen molar-refractivity contribution in [2.45, 2.75) is 18.4 Å². The van der Waals surface area contributed by atoms with E-state index in [0.29, 0.717) is 30.3 Å². The van der Waals surface area contributed by atoms with Crippen LogP contribution in [-0.4, -0.2) is 24.4 Å². The molecule has 2 aliphatic rings. The maximum absolute atomic E-state index is 10.4. The average Bonchev–Trinajstić information content (AvgIpc) is 3.09. The highest BCUT2D eigenvalue weighted by Gasteiger charge is 2.47. The Labute approximate surface area is 97.7 Å². The Morgan fingerprint density at radius 3 is 2.47 bits per heavy atom. The van der Waals surface area contributed by atoms with Crippen LogP contribution in [0.2, 0.25) is 0 Å². The van der Waals surface area contributed by atoms with Gasteiger partial charge in [0.05, 0.1) is 0 Å². The Morgan fingerprint density at radius 2 is 1.88 bits per heavy atom. The second kappa shape index (κ2) is 3.50. The highest BCUT2D eigenvalue weighted by atomic mass is 16.6. The number of carbonyl (C=O) groups excluding carboxylic acids is 1. The summed E-state index contributed by atoms with van der Waals surface area (Å²) in [5.74, 6) is 1.21. The molecule has 0 atom stereocenters. The average molecular weight is 233 g/mol. The first-order valence-electron chi connectivity index (χ1n) is 5.47. The molecule has 0 aromatic heterocycles. The first-order chi connectivity index (χ1) is 8.25. The lowest BCUT2D eigenvalue weighted by Gasteiger charge is -2.21. The van der Waals surface area contributed by atoms with Gasteiger partial charge in [-0.05, 0) is 18.9 Å². The summed E-state index contributed by atoms with van der Waals surface area (Å²) in [6, 6.07) is 3.22. The Kier molecular flexibility index (Phi) is 2.09. The maximum Gasteiger partial charge on any atom is 0.235 e. The molecule has 5 heteroatoms. The molecule has 1 aliphatic carbocycles. The quantitative estimate of drug-likeness (QED) is 0.620.